The van der Waals surface area contributed by atoms with Crippen molar-refractivity contribution >= 4 is 113 Å². The van der Waals surface area contributed by atoms with Crippen LogP contribution in [0.4, 0.5) is 11.4 Å². The van der Waals surface area contributed by atoms with Gasteiger partial charge in [0.1, 0.15) is 31.3 Å². The summed E-state index contributed by atoms with van der Waals surface area (Å²) in [6.45, 7) is 0. The Morgan fingerprint density at radius 1 is 0.588 bits per heavy atom. The standard InChI is InChI=1S/C42H36N4O14S4.4Na/c47-35(48)11-15-61-21-25-17-31(39(51)37-29(25)3-1-13-43-37)41(53)45-27-9-7-23(33(19-27)63(55,56)57)5-6-24-8-10-28(20-34(24)64(58,59)60)46-42(54)32-18-26(22-62-16-12-36(49)50)30-4-2-14-44-38(30)40(32)52;;;;/h1-10,13-14,17-20,51-52H,11-12,15-16,21-22H2,(H,45,53)(H,46,54)(H,47,48)(H,49,50)(H,55,56,57)(H,58,59,60);;;;/q;4*+1/p-4. The van der Waals surface area contributed by atoms with Gasteiger partial charge in [-0.15, -0.1) is 0 Å². The maximum Gasteiger partial charge on any atom is 1.00 e. The van der Waals surface area contributed by atoms with Gasteiger partial charge in [-0.3, -0.25) is 19.6 Å². The minimum Gasteiger partial charge on any atom is -0.744 e. The minimum absolute atomic E-state index is 0. The van der Waals surface area contributed by atoms with E-state index < -0.39 is 65.3 Å². The predicted octanol–water partition coefficient (Wildman–Crippen LogP) is -8.56. The molecule has 0 aliphatic heterocycles. The first-order chi connectivity index (χ1) is 30.3. The van der Waals surface area contributed by atoms with Crippen LogP contribution in [0.25, 0.3) is 34.0 Å². The van der Waals surface area contributed by atoms with Crippen molar-refractivity contribution in [2.24, 2.45) is 0 Å². The smallest absolute Gasteiger partial charge is 0.744 e. The quantitative estimate of drug-likeness (QED) is 0.0269. The Bertz CT molecular complexity index is 2920. The molecule has 0 spiro atoms. The summed E-state index contributed by atoms with van der Waals surface area (Å²) >= 11 is 2.47. The van der Waals surface area contributed by atoms with Gasteiger partial charge in [0.2, 0.25) is 0 Å². The molecule has 0 aliphatic rings. The van der Waals surface area contributed by atoms with Crippen molar-refractivity contribution in [1.82, 2.24) is 9.97 Å². The number of phenols is 2. The summed E-state index contributed by atoms with van der Waals surface area (Å²) in [7, 11) is -10.6. The van der Waals surface area contributed by atoms with Gasteiger partial charge in [0.25, 0.3) is 11.8 Å². The molecule has 0 fully saturated rings. The molecule has 4 aromatic carbocycles. The van der Waals surface area contributed by atoms with Crippen molar-refractivity contribution in [3.05, 3.63) is 119 Å². The summed E-state index contributed by atoms with van der Waals surface area (Å²) < 4.78 is 74.7. The molecular formula is C42H32N4Na4O14S4. The van der Waals surface area contributed by atoms with Crippen molar-refractivity contribution < 1.29 is 184 Å². The van der Waals surface area contributed by atoms with E-state index in [1.807, 2.05) is 0 Å². The summed E-state index contributed by atoms with van der Waals surface area (Å²) in [5.74, 6) is -4.44. The summed E-state index contributed by atoms with van der Waals surface area (Å²) in [6.07, 6.45) is 4.42. The van der Waals surface area contributed by atoms with Gasteiger partial charge < -0.3 is 49.8 Å². The fourth-order valence-corrected chi connectivity index (χ4v) is 9.59. The molecule has 0 unspecified atom stereocenters. The molecule has 6 rings (SSSR count). The number of aliphatic carboxylic acids is 2. The van der Waals surface area contributed by atoms with E-state index in [-0.39, 0.29) is 199 Å². The monoisotopic (exact) mass is 1040 g/mol. The molecule has 6 aromatic rings. The second kappa shape index (κ2) is 27.3. The van der Waals surface area contributed by atoms with Gasteiger partial charge in [-0.1, -0.05) is 36.4 Å². The van der Waals surface area contributed by atoms with Gasteiger partial charge in [0, 0.05) is 58.0 Å². The summed E-state index contributed by atoms with van der Waals surface area (Å²) in [5.41, 5.74) is -0.264. The first kappa shape index (κ1) is 61.6. The number of aromatic hydroxyl groups is 2. The Balaban J connectivity index is 0.00000397. The van der Waals surface area contributed by atoms with E-state index in [2.05, 4.69) is 20.6 Å². The number of anilines is 2. The Morgan fingerprint density at radius 3 is 1.29 bits per heavy atom. The van der Waals surface area contributed by atoms with Gasteiger partial charge in [-0.2, -0.15) is 23.5 Å². The first-order valence-electron chi connectivity index (χ1n) is 18.6. The number of thioether (sulfide) groups is 2. The molecule has 0 aliphatic carbocycles. The molecule has 26 heteroatoms. The average molecular weight is 1040 g/mol. The Morgan fingerprint density at radius 2 is 0.956 bits per heavy atom. The number of hydrogen-bond acceptors (Lipinski definition) is 18. The topological polar surface area (TPSA) is 319 Å². The van der Waals surface area contributed by atoms with E-state index in [1.54, 1.807) is 24.3 Å². The molecule has 68 heavy (non-hydrogen) atoms. The zero-order valence-corrected chi connectivity index (χ0v) is 48.1. The number of carboxylic acids is 2. The number of rotatable bonds is 18. The molecule has 4 N–H and O–H groups in total. The molecule has 0 saturated carbocycles. The van der Waals surface area contributed by atoms with Gasteiger partial charge in [-0.25, -0.2) is 16.8 Å². The number of amides is 2. The zero-order chi connectivity index (χ0) is 46.3. The zero-order valence-electron chi connectivity index (χ0n) is 36.8. The Hall–Kier alpha value is -2.56. The van der Waals surface area contributed by atoms with E-state index in [9.17, 15) is 65.5 Å². The second-order valence-electron chi connectivity index (χ2n) is 13.7. The van der Waals surface area contributed by atoms with E-state index in [4.69, 9.17) is 0 Å². The number of hydrogen-bond donors (Lipinski definition) is 4. The average Bonchev–Trinajstić information content (AvgIpc) is 3.24. The Kier molecular flexibility index (Phi) is 24.7. The molecule has 0 bridgehead atoms. The van der Waals surface area contributed by atoms with Gasteiger partial charge in [0.05, 0.1) is 20.9 Å². The molecule has 2 heterocycles. The third-order valence-corrected chi connectivity index (χ3v) is 13.1. The van der Waals surface area contributed by atoms with Crippen molar-refractivity contribution in [2.45, 2.75) is 34.1 Å². The largest absolute Gasteiger partial charge is 1.00 e. The second-order valence-corrected chi connectivity index (χ2v) is 18.6. The van der Waals surface area contributed by atoms with Crippen LogP contribution in [0.1, 0.15) is 55.8 Å². The number of pyridine rings is 2. The number of carbonyl (C=O) groups is 4. The fraction of sp³-hybridized carbons (Fsp3) is 0.143. The van der Waals surface area contributed by atoms with Gasteiger partial charge in [0.15, 0.2) is 11.5 Å². The molecule has 2 aromatic heterocycles. The summed E-state index contributed by atoms with van der Waals surface area (Å²) in [4.78, 5) is 55.3. The fourth-order valence-electron chi connectivity index (χ4n) is 6.37. The normalized spacial score (nSPS) is 11.1. The minimum atomic E-state index is -5.28. The Labute approximate surface area is 486 Å². The van der Waals surface area contributed by atoms with E-state index in [1.165, 1.54) is 60.2 Å². The number of nitrogens with zero attached hydrogens (tertiary/aromatic N) is 2. The molecule has 332 valence electrons. The molecule has 18 nitrogen and oxygen atoms in total. The van der Waals surface area contributed by atoms with Crippen LogP contribution in [0.3, 0.4) is 0 Å². The SMILES string of the molecule is O=C([O-])CCSCc1cc(C(=O)Nc2ccc(C=Cc3ccc(NC(=O)c4cc(CSCCC(=O)[O-])c5cccnc5c4O)cc3S(=O)(=O)[O-])c(S(=O)(=O)[O-])c2)c(O)c2ncccc12.[Na+].[Na+].[Na+].[Na+]. The maximum atomic E-state index is 13.5. The van der Waals surface area contributed by atoms with Crippen LogP contribution in [-0.2, 0) is 41.3 Å². The molecule has 0 atom stereocenters. The first-order valence-corrected chi connectivity index (χ1v) is 23.7. The van der Waals surface area contributed by atoms with Gasteiger partial charge in [-0.05, 0) is 95.1 Å². The van der Waals surface area contributed by atoms with Crippen LogP contribution in [0.15, 0.2) is 95.0 Å². The third-order valence-electron chi connectivity index (χ3n) is 9.33. The van der Waals surface area contributed by atoms with Crippen LogP contribution in [0.5, 0.6) is 11.5 Å². The predicted molar refractivity (Wildman–Crippen MR) is 232 cm³/mol. The van der Waals surface area contributed by atoms with Crippen LogP contribution < -0.4 is 139 Å². The van der Waals surface area contributed by atoms with Crippen molar-refractivity contribution in [2.75, 3.05) is 22.1 Å². The number of carboxylic acid groups (broad SMARTS) is 2. The van der Waals surface area contributed by atoms with Crippen molar-refractivity contribution in [1.29, 1.82) is 0 Å². The van der Waals surface area contributed by atoms with E-state index >= 15 is 0 Å². The number of fused-ring (bicyclic) bond motifs is 2. The van der Waals surface area contributed by atoms with Crippen LogP contribution >= 0.6 is 23.5 Å². The van der Waals surface area contributed by atoms with Crippen molar-refractivity contribution in [3.63, 3.8) is 0 Å². The molecule has 0 saturated heterocycles. The summed E-state index contributed by atoms with van der Waals surface area (Å²) in [5, 5.41) is 49.5. The number of phenolic OH excluding ortho intramolecular Hbond substituents is 2. The van der Waals surface area contributed by atoms with Crippen LogP contribution in [-0.4, -0.2) is 81.4 Å². The van der Waals surface area contributed by atoms with Gasteiger partial charge >= 0.3 is 118 Å². The van der Waals surface area contributed by atoms with Crippen LogP contribution in [0.2, 0.25) is 0 Å². The molecule has 2 amide bonds. The number of benzene rings is 4. The molecular weight excluding hydrogens is 1000 g/mol. The van der Waals surface area contributed by atoms with Crippen molar-refractivity contribution in [3.8, 4) is 11.5 Å². The summed E-state index contributed by atoms with van der Waals surface area (Å²) in [6, 6.07) is 15.6. The van der Waals surface area contributed by atoms with Crippen LogP contribution in [0, 0.1) is 0 Å². The number of carbonyl (C=O) groups excluding carboxylic acids is 4. The van der Waals surface area contributed by atoms with E-state index in [0.29, 0.717) is 21.9 Å². The number of nitrogens with one attached hydrogen (secondary N) is 2. The van der Waals surface area contributed by atoms with E-state index in [0.717, 1.165) is 36.4 Å². The third kappa shape index (κ3) is 16.0. The number of aromatic nitrogens is 2. The maximum absolute atomic E-state index is 13.5. The molecule has 0 radical (unpaired) electrons.